The minimum atomic E-state index is -4.76. The monoisotopic (exact) mass is 307 g/mol. The molecule has 0 saturated carbocycles. The Balaban J connectivity index is 2.33. The average molecular weight is 308 g/mol. The van der Waals surface area contributed by atoms with Crippen molar-refractivity contribution in [2.75, 3.05) is 5.73 Å². The molecule has 20 heavy (non-hydrogen) atoms. The predicted octanol–water partition coefficient (Wildman–Crippen LogP) is 3.66. The zero-order valence-corrected chi connectivity index (χ0v) is 10.3. The largest absolute Gasteiger partial charge is 0.451 e. The number of benzene rings is 1. The van der Waals surface area contributed by atoms with Crippen LogP contribution in [0.5, 0.6) is 11.6 Å². The summed E-state index contributed by atoms with van der Waals surface area (Å²) in [6, 6.07) is 4.30. The summed E-state index contributed by atoms with van der Waals surface area (Å²) in [5.41, 5.74) is 5.25. The molecule has 0 radical (unpaired) electrons. The van der Waals surface area contributed by atoms with E-state index in [1.165, 1.54) is 6.07 Å². The van der Waals surface area contributed by atoms with Crippen LogP contribution in [-0.2, 0) is 6.18 Å². The fourth-order valence-corrected chi connectivity index (χ4v) is 1.45. The molecule has 9 heteroatoms. The van der Waals surface area contributed by atoms with E-state index in [0.717, 1.165) is 18.2 Å². The van der Waals surface area contributed by atoms with E-state index in [1.54, 1.807) is 0 Å². The topological polar surface area (TPSA) is 61.0 Å². The van der Waals surface area contributed by atoms with E-state index >= 15 is 0 Å². The summed E-state index contributed by atoms with van der Waals surface area (Å²) in [6.07, 6.45) is -4.76. The van der Waals surface area contributed by atoms with E-state index in [1.807, 2.05) is 0 Å². The number of nitrogens with two attached hydrogens (primary N) is 1. The van der Waals surface area contributed by atoms with Crippen molar-refractivity contribution in [3.63, 3.8) is 0 Å². The summed E-state index contributed by atoms with van der Waals surface area (Å²) >= 11 is 5.52. The number of rotatable bonds is 2. The molecule has 0 saturated heterocycles. The number of halogens is 5. The van der Waals surface area contributed by atoms with Gasteiger partial charge in [-0.25, -0.2) is 9.37 Å². The molecule has 0 amide bonds. The van der Waals surface area contributed by atoms with Gasteiger partial charge < -0.3 is 10.5 Å². The van der Waals surface area contributed by atoms with Gasteiger partial charge in [-0.15, -0.1) is 0 Å². The van der Waals surface area contributed by atoms with E-state index in [0.29, 0.717) is 0 Å². The maximum atomic E-state index is 12.9. The van der Waals surface area contributed by atoms with Gasteiger partial charge in [0.25, 0.3) is 0 Å². The molecule has 2 rings (SSSR count). The van der Waals surface area contributed by atoms with Gasteiger partial charge >= 0.3 is 6.18 Å². The standard InChI is InChI=1S/C11H6ClF4N3O/c12-6-3-5(1-2-7(6)13)20-9-4-8(17)18-10(19-9)11(14,15)16/h1-4H,(H2,17,18,19). The Morgan fingerprint density at radius 1 is 1.15 bits per heavy atom. The molecule has 0 aliphatic heterocycles. The summed E-state index contributed by atoms with van der Waals surface area (Å²) in [7, 11) is 0. The molecule has 2 N–H and O–H groups in total. The fraction of sp³-hybridized carbons (Fsp3) is 0.0909. The van der Waals surface area contributed by atoms with Crippen molar-refractivity contribution < 1.29 is 22.3 Å². The highest BCUT2D eigenvalue weighted by Crippen LogP contribution is 2.30. The molecular weight excluding hydrogens is 302 g/mol. The molecule has 1 heterocycles. The Hall–Kier alpha value is -2.09. The Morgan fingerprint density at radius 3 is 2.45 bits per heavy atom. The van der Waals surface area contributed by atoms with Crippen LogP contribution in [0, 0.1) is 5.82 Å². The van der Waals surface area contributed by atoms with Gasteiger partial charge in [0.15, 0.2) is 0 Å². The third-order valence-electron chi connectivity index (χ3n) is 2.09. The number of alkyl halides is 3. The van der Waals surface area contributed by atoms with Gasteiger partial charge in [0.1, 0.15) is 17.4 Å². The smallest absolute Gasteiger partial charge is 0.439 e. The van der Waals surface area contributed by atoms with Gasteiger partial charge in [0.2, 0.25) is 11.7 Å². The first-order valence-electron chi connectivity index (χ1n) is 5.10. The van der Waals surface area contributed by atoms with Crippen LogP contribution in [0.25, 0.3) is 0 Å². The fourth-order valence-electron chi connectivity index (χ4n) is 1.28. The van der Waals surface area contributed by atoms with Gasteiger partial charge in [-0.05, 0) is 12.1 Å². The van der Waals surface area contributed by atoms with Gasteiger partial charge in [-0.1, -0.05) is 11.6 Å². The molecule has 4 nitrogen and oxygen atoms in total. The van der Waals surface area contributed by atoms with Crippen molar-refractivity contribution in [1.29, 1.82) is 0 Å². The first-order valence-corrected chi connectivity index (χ1v) is 5.48. The van der Waals surface area contributed by atoms with Crippen molar-refractivity contribution in [3.05, 3.63) is 40.9 Å². The van der Waals surface area contributed by atoms with Crippen molar-refractivity contribution in [2.45, 2.75) is 6.18 Å². The zero-order chi connectivity index (χ0) is 14.9. The number of anilines is 1. The lowest BCUT2D eigenvalue weighted by atomic mass is 10.3. The number of aromatic nitrogens is 2. The summed E-state index contributed by atoms with van der Waals surface area (Å²) < 4.78 is 55.5. The molecule has 106 valence electrons. The average Bonchev–Trinajstić information content (AvgIpc) is 2.32. The minimum absolute atomic E-state index is 0.0163. The molecule has 0 unspecified atom stereocenters. The van der Waals surface area contributed by atoms with Crippen molar-refractivity contribution >= 4 is 17.4 Å². The molecule has 0 bridgehead atoms. The van der Waals surface area contributed by atoms with Gasteiger partial charge in [0, 0.05) is 12.1 Å². The highest BCUT2D eigenvalue weighted by Gasteiger charge is 2.35. The highest BCUT2D eigenvalue weighted by atomic mass is 35.5. The molecule has 0 atom stereocenters. The number of nitrogen functional groups attached to an aromatic ring is 1. The molecule has 0 aliphatic rings. The van der Waals surface area contributed by atoms with Crippen molar-refractivity contribution in [2.24, 2.45) is 0 Å². The summed E-state index contributed by atoms with van der Waals surface area (Å²) in [6.45, 7) is 0. The van der Waals surface area contributed by atoms with Crippen molar-refractivity contribution in [1.82, 2.24) is 9.97 Å². The minimum Gasteiger partial charge on any atom is -0.439 e. The first-order chi connectivity index (χ1) is 9.25. The van der Waals surface area contributed by atoms with Crippen LogP contribution in [0.2, 0.25) is 5.02 Å². The summed E-state index contributed by atoms with van der Waals surface area (Å²) in [5, 5.41) is -0.236. The van der Waals surface area contributed by atoms with E-state index in [4.69, 9.17) is 22.1 Å². The normalized spacial score (nSPS) is 11.4. The molecule has 0 spiro atoms. The Labute approximate surface area is 115 Å². The molecule has 0 aliphatic carbocycles. The lowest BCUT2D eigenvalue weighted by Crippen LogP contribution is -2.12. The Bertz CT molecular complexity index is 648. The second kappa shape index (κ2) is 5.12. The second-order valence-electron chi connectivity index (χ2n) is 3.63. The van der Waals surface area contributed by atoms with Crippen LogP contribution in [0.1, 0.15) is 5.82 Å². The third kappa shape index (κ3) is 3.27. The Kier molecular flexibility index (Phi) is 3.67. The summed E-state index contributed by atoms with van der Waals surface area (Å²) in [5.74, 6) is -2.93. The number of nitrogens with zero attached hydrogens (tertiary/aromatic N) is 2. The van der Waals surface area contributed by atoms with Gasteiger partial charge in [-0.2, -0.15) is 18.2 Å². The van der Waals surface area contributed by atoms with E-state index in [2.05, 4.69) is 9.97 Å². The quantitative estimate of drug-likeness (QED) is 0.860. The predicted molar refractivity (Wildman–Crippen MR) is 62.9 cm³/mol. The maximum Gasteiger partial charge on any atom is 0.451 e. The third-order valence-corrected chi connectivity index (χ3v) is 2.38. The van der Waals surface area contributed by atoms with Gasteiger partial charge in [0.05, 0.1) is 5.02 Å². The van der Waals surface area contributed by atoms with Gasteiger partial charge in [-0.3, -0.25) is 0 Å². The molecule has 2 aromatic rings. The second-order valence-corrected chi connectivity index (χ2v) is 4.04. The lowest BCUT2D eigenvalue weighted by Gasteiger charge is -2.09. The number of ether oxygens (including phenoxy) is 1. The van der Waals surface area contributed by atoms with Crippen LogP contribution >= 0.6 is 11.6 Å². The van der Waals surface area contributed by atoms with E-state index in [9.17, 15) is 17.6 Å². The van der Waals surface area contributed by atoms with Crippen LogP contribution in [0.15, 0.2) is 24.3 Å². The molecule has 1 aromatic carbocycles. The van der Waals surface area contributed by atoms with E-state index in [-0.39, 0.29) is 10.8 Å². The summed E-state index contributed by atoms with van der Waals surface area (Å²) in [4.78, 5) is 6.23. The van der Waals surface area contributed by atoms with Crippen LogP contribution in [0.3, 0.4) is 0 Å². The van der Waals surface area contributed by atoms with Crippen LogP contribution in [-0.4, -0.2) is 9.97 Å². The van der Waals surface area contributed by atoms with E-state index < -0.39 is 29.5 Å². The molecule has 1 aromatic heterocycles. The zero-order valence-electron chi connectivity index (χ0n) is 9.58. The van der Waals surface area contributed by atoms with Crippen LogP contribution < -0.4 is 10.5 Å². The number of hydrogen-bond donors (Lipinski definition) is 1. The maximum absolute atomic E-state index is 12.9. The SMILES string of the molecule is Nc1cc(Oc2ccc(F)c(Cl)c2)nc(C(F)(F)F)n1. The number of hydrogen-bond acceptors (Lipinski definition) is 4. The lowest BCUT2D eigenvalue weighted by molar-refractivity contribution is -0.145. The Morgan fingerprint density at radius 2 is 1.85 bits per heavy atom. The molecule has 0 fully saturated rings. The van der Waals surface area contributed by atoms with Crippen LogP contribution in [0.4, 0.5) is 23.4 Å². The van der Waals surface area contributed by atoms with Crippen molar-refractivity contribution in [3.8, 4) is 11.6 Å². The highest BCUT2D eigenvalue weighted by molar-refractivity contribution is 6.30. The first kappa shape index (κ1) is 14.3. The molecular formula is C11H6ClF4N3O.